The van der Waals surface area contributed by atoms with E-state index in [4.69, 9.17) is 4.42 Å². The molecule has 2 heterocycles. The normalized spacial score (nSPS) is 10.8. The van der Waals surface area contributed by atoms with E-state index < -0.39 is 0 Å². The van der Waals surface area contributed by atoms with Crippen LogP contribution in [0.15, 0.2) is 39.7 Å². The van der Waals surface area contributed by atoms with Crippen molar-refractivity contribution in [3.8, 4) is 11.3 Å². The number of aromatic nitrogens is 3. The number of fused-ring (bicyclic) bond motifs is 1. The van der Waals surface area contributed by atoms with Crippen LogP contribution in [-0.4, -0.2) is 21.6 Å². The molecule has 0 saturated carbocycles. The monoisotopic (exact) mass is 256 g/mol. The van der Waals surface area contributed by atoms with Crippen LogP contribution in [0.2, 0.25) is 0 Å². The van der Waals surface area contributed by atoms with Crippen LogP contribution in [0.3, 0.4) is 0 Å². The van der Waals surface area contributed by atoms with Crippen molar-refractivity contribution >= 4 is 17.0 Å². The molecular weight excluding hydrogens is 244 g/mol. The Labute approximate surface area is 108 Å². The Morgan fingerprint density at radius 2 is 2.16 bits per heavy atom. The number of aryl methyl sites for hydroxylation is 1. The molecule has 6 nitrogen and oxygen atoms in total. The molecule has 0 fully saturated rings. The number of anilines is 1. The molecule has 0 aliphatic rings. The minimum atomic E-state index is -0.370. The average molecular weight is 256 g/mol. The fourth-order valence-corrected chi connectivity index (χ4v) is 1.93. The molecular formula is C13H12N4O2. The molecule has 19 heavy (non-hydrogen) atoms. The number of benzene rings is 1. The van der Waals surface area contributed by atoms with Crippen molar-refractivity contribution in [1.29, 1.82) is 0 Å². The highest BCUT2D eigenvalue weighted by atomic mass is 16.4. The molecule has 0 atom stereocenters. The third-order valence-corrected chi connectivity index (χ3v) is 2.97. The number of oxazole rings is 1. The Bertz CT molecular complexity index is 804. The minimum absolute atomic E-state index is 0.370. The lowest BCUT2D eigenvalue weighted by Crippen LogP contribution is -2.08. The third kappa shape index (κ3) is 1.87. The predicted molar refractivity (Wildman–Crippen MR) is 72.0 cm³/mol. The van der Waals surface area contributed by atoms with E-state index in [0.29, 0.717) is 11.5 Å². The Morgan fingerprint density at radius 3 is 2.95 bits per heavy atom. The second-order valence-corrected chi connectivity index (χ2v) is 4.12. The number of rotatable bonds is 2. The minimum Gasteiger partial charge on any atom is -0.408 e. The van der Waals surface area contributed by atoms with Gasteiger partial charge in [-0.25, -0.2) is 14.8 Å². The van der Waals surface area contributed by atoms with Gasteiger partial charge in [0.15, 0.2) is 5.58 Å². The van der Waals surface area contributed by atoms with Crippen LogP contribution in [0.5, 0.6) is 0 Å². The van der Waals surface area contributed by atoms with Gasteiger partial charge in [0.05, 0.1) is 11.2 Å². The molecule has 6 heteroatoms. The zero-order valence-electron chi connectivity index (χ0n) is 10.5. The van der Waals surface area contributed by atoms with E-state index in [0.717, 1.165) is 16.8 Å². The van der Waals surface area contributed by atoms with E-state index in [2.05, 4.69) is 15.3 Å². The first-order valence-corrected chi connectivity index (χ1v) is 5.80. The predicted octanol–water partition coefficient (Wildman–Crippen LogP) is 1.63. The molecule has 0 aliphatic heterocycles. The number of nitrogens with one attached hydrogen (secondary N) is 1. The number of hydrogen-bond donors (Lipinski definition) is 1. The van der Waals surface area contributed by atoms with Gasteiger partial charge in [-0.2, -0.15) is 0 Å². The van der Waals surface area contributed by atoms with E-state index in [1.807, 2.05) is 18.2 Å². The first-order chi connectivity index (χ1) is 9.19. The molecule has 0 amide bonds. The van der Waals surface area contributed by atoms with Crippen molar-refractivity contribution in [2.24, 2.45) is 7.05 Å². The Kier molecular flexibility index (Phi) is 2.56. The molecule has 0 saturated heterocycles. The van der Waals surface area contributed by atoms with Crippen molar-refractivity contribution in [1.82, 2.24) is 14.5 Å². The van der Waals surface area contributed by atoms with Gasteiger partial charge in [0.25, 0.3) is 0 Å². The van der Waals surface area contributed by atoms with Gasteiger partial charge in [0.2, 0.25) is 5.95 Å². The zero-order valence-corrected chi connectivity index (χ0v) is 10.5. The Balaban J connectivity index is 2.19. The molecule has 0 aliphatic carbocycles. The van der Waals surface area contributed by atoms with Crippen LogP contribution in [0.4, 0.5) is 5.95 Å². The van der Waals surface area contributed by atoms with Crippen molar-refractivity contribution in [3.05, 3.63) is 41.0 Å². The standard InChI is InChI=1S/C13H12N4O2/c1-14-12-15-6-5-9(16-12)8-3-4-11-10(7-8)17(2)13(18)19-11/h3-7H,1-2H3,(H,14,15,16). The summed E-state index contributed by atoms with van der Waals surface area (Å²) in [4.78, 5) is 19.9. The molecule has 3 rings (SSSR count). The second-order valence-electron chi connectivity index (χ2n) is 4.12. The zero-order chi connectivity index (χ0) is 13.4. The van der Waals surface area contributed by atoms with E-state index in [1.54, 1.807) is 26.4 Å². The third-order valence-electron chi connectivity index (χ3n) is 2.97. The maximum absolute atomic E-state index is 11.4. The summed E-state index contributed by atoms with van der Waals surface area (Å²) >= 11 is 0. The van der Waals surface area contributed by atoms with Crippen LogP contribution in [-0.2, 0) is 7.05 Å². The number of nitrogens with zero attached hydrogens (tertiary/aromatic N) is 3. The molecule has 0 bridgehead atoms. The summed E-state index contributed by atoms with van der Waals surface area (Å²) in [5.41, 5.74) is 3.00. The molecule has 1 N–H and O–H groups in total. The molecule has 0 radical (unpaired) electrons. The van der Waals surface area contributed by atoms with Gasteiger partial charge in [0.1, 0.15) is 0 Å². The summed E-state index contributed by atoms with van der Waals surface area (Å²) < 4.78 is 6.57. The smallest absolute Gasteiger partial charge is 0.408 e. The topological polar surface area (TPSA) is 73.0 Å². The lowest BCUT2D eigenvalue weighted by Gasteiger charge is -2.03. The Morgan fingerprint density at radius 1 is 1.32 bits per heavy atom. The lowest BCUT2D eigenvalue weighted by molar-refractivity contribution is 0.528. The van der Waals surface area contributed by atoms with Gasteiger partial charge < -0.3 is 9.73 Å². The first kappa shape index (κ1) is 11.5. The highest BCUT2D eigenvalue weighted by Gasteiger charge is 2.08. The van der Waals surface area contributed by atoms with Gasteiger partial charge in [-0.3, -0.25) is 4.57 Å². The quantitative estimate of drug-likeness (QED) is 0.754. The average Bonchev–Trinajstić information content (AvgIpc) is 2.74. The maximum Gasteiger partial charge on any atom is 0.419 e. The van der Waals surface area contributed by atoms with Gasteiger partial charge >= 0.3 is 5.76 Å². The number of hydrogen-bond acceptors (Lipinski definition) is 5. The summed E-state index contributed by atoms with van der Waals surface area (Å²) in [6.07, 6.45) is 1.69. The largest absolute Gasteiger partial charge is 0.419 e. The van der Waals surface area contributed by atoms with Gasteiger partial charge in [-0.15, -0.1) is 0 Å². The van der Waals surface area contributed by atoms with Gasteiger partial charge in [-0.05, 0) is 24.3 Å². The summed E-state index contributed by atoms with van der Waals surface area (Å²) in [5.74, 6) is 0.185. The highest BCUT2D eigenvalue weighted by molar-refractivity contribution is 5.79. The first-order valence-electron chi connectivity index (χ1n) is 5.80. The molecule has 96 valence electrons. The molecule has 3 aromatic rings. The van der Waals surface area contributed by atoms with Crippen LogP contribution in [0.25, 0.3) is 22.4 Å². The fraction of sp³-hybridized carbons (Fsp3) is 0.154. The molecule has 0 spiro atoms. The summed E-state index contributed by atoms with van der Waals surface area (Å²) in [6, 6.07) is 7.34. The van der Waals surface area contributed by atoms with Crippen molar-refractivity contribution < 1.29 is 4.42 Å². The summed E-state index contributed by atoms with van der Waals surface area (Å²) in [6.45, 7) is 0. The van der Waals surface area contributed by atoms with Crippen LogP contribution in [0, 0.1) is 0 Å². The van der Waals surface area contributed by atoms with Crippen LogP contribution >= 0.6 is 0 Å². The van der Waals surface area contributed by atoms with Crippen molar-refractivity contribution in [3.63, 3.8) is 0 Å². The Hall–Kier alpha value is -2.63. The van der Waals surface area contributed by atoms with Gasteiger partial charge in [0, 0.05) is 25.9 Å². The SMILES string of the molecule is CNc1nccc(-c2ccc3oc(=O)n(C)c3c2)n1. The van der Waals surface area contributed by atoms with Gasteiger partial charge in [-0.1, -0.05) is 0 Å². The van der Waals surface area contributed by atoms with Crippen LogP contribution in [0.1, 0.15) is 0 Å². The van der Waals surface area contributed by atoms with E-state index in [1.165, 1.54) is 4.57 Å². The summed E-state index contributed by atoms with van der Waals surface area (Å²) in [7, 11) is 3.44. The molecule has 0 unspecified atom stereocenters. The van der Waals surface area contributed by atoms with E-state index >= 15 is 0 Å². The fourth-order valence-electron chi connectivity index (χ4n) is 1.93. The maximum atomic E-state index is 11.4. The molecule has 1 aromatic carbocycles. The second kappa shape index (κ2) is 4.24. The van der Waals surface area contributed by atoms with E-state index in [9.17, 15) is 4.79 Å². The van der Waals surface area contributed by atoms with Crippen molar-refractivity contribution in [2.45, 2.75) is 0 Å². The van der Waals surface area contributed by atoms with Crippen molar-refractivity contribution in [2.75, 3.05) is 12.4 Å². The van der Waals surface area contributed by atoms with E-state index in [-0.39, 0.29) is 5.76 Å². The molecule has 2 aromatic heterocycles. The van der Waals surface area contributed by atoms with Crippen LogP contribution < -0.4 is 11.1 Å². The highest BCUT2D eigenvalue weighted by Crippen LogP contribution is 2.22. The lowest BCUT2D eigenvalue weighted by atomic mass is 10.1. The summed E-state index contributed by atoms with van der Waals surface area (Å²) in [5, 5.41) is 2.89.